The number of rotatable bonds is 9. The van der Waals surface area contributed by atoms with Gasteiger partial charge in [-0.25, -0.2) is 4.79 Å². The Morgan fingerprint density at radius 2 is 1.94 bits per heavy atom. The zero-order valence-electron chi connectivity index (χ0n) is 10.2. The average Bonchev–Trinajstić information content (AvgIpc) is 2.30. The first-order chi connectivity index (χ1) is 8.07. The number of methoxy groups -OCH3 is 1. The van der Waals surface area contributed by atoms with E-state index in [0.29, 0.717) is 26.4 Å². The quantitative estimate of drug-likeness (QED) is 0.485. The van der Waals surface area contributed by atoms with Crippen molar-refractivity contribution in [2.45, 2.75) is 6.92 Å². The number of urea groups is 1. The van der Waals surface area contributed by atoms with Gasteiger partial charge in [-0.15, -0.1) is 0 Å². The third-order valence-electron chi connectivity index (χ3n) is 1.95. The molecule has 100 valence electrons. The fourth-order valence-electron chi connectivity index (χ4n) is 0.877. The maximum Gasteiger partial charge on any atom is 0.314 e. The first-order valence-electron chi connectivity index (χ1n) is 5.39. The van der Waals surface area contributed by atoms with E-state index in [0.717, 1.165) is 0 Å². The minimum absolute atomic E-state index is 0.103. The molecule has 0 saturated carbocycles. The van der Waals surface area contributed by atoms with E-state index in [-0.39, 0.29) is 6.54 Å². The highest BCUT2D eigenvalue weighted by Crippen LogP contribution is 1.90. The summed E-state index contributed by atoms with van der Waals surface area (Å²) < 4.78 is 9.90. The zero-order chi connectivity index (χ0) is 13.1. The van der Waals surface area contributed by atoms with Gasteiger partial charge in [-0.2, -0.15) is 0 Å². The standard InChI is InChI=1S/C10H20N2O5/c1-8(9(13)14)7-12-10(15)11-3-4-17-6-5-16-2/h8H,3-7H2,1-2H3,(H,13,14)(H2,11,12,15). The van der Waals surface area contributed by atoms with Gasteiger partial charge in [-0.1, -0.05) is 6.92 Å². The molecule has 1 atom stereocenters. The van der Waals surface area contributed by atoms with E-state index in [1.54, 1.807) is 7.11 Å². The van der Waals surface area contributed by atoms with Crippen LogP contribution in [0.5, 0.6) is 0 Å². The van der Waals surface area contributed by atoms with Crippen molar-refractivity contribution in [2.75, 3.05) is 40.0 Å². The van der Waals surface area contributed by atoms with E-state index in [4.69, 9.17) is 14.6 Å². The van der Waals surface area contributed by atoms with Crippen LogP contribution in [-0.2, 0) is 14.3 Å². The first-order valence-corrected chi connectivity index (χ1v) is 5.39. The minimum atomic E-state index is -0.937. The molecule has 0 spiro atoms. The van der Waals surface area contributed by atoms with Gasteiger partial charge in [0.05, 0.1) is 25.7 Å². The second-order valence-electron chi connectivity index (χ2n) is 3.48. The average molecular weight is 248 g/mol. The minimum Gasteiger partial charge on any atom is -0.481 e. The van der Waals surface area contributed by atoms with Crippen LogP contribution < -0.4 is 10.6 Å². The molecule has 0 saturated heterocycles. The van der Waals surface area contributed by atoms with Crippen LogP contribution in [0.4, 0.5) is 4.79 Å². The summed E-state index contributed by atoms with van der Waals surface area (Å²) in [5, 5.41) is 13.6. The Hall–Kier alpha value is -1.34. The molecule has 0 fully saturated rings. The van der Waals surface area contributed by atoms with Crippen LogP contribution in [0.2, 0.25) is 0 Å². The van der Waals surface area contributed by atoms with Gasteiger partial charge in [0, 0.05) is 20.2 Å². The predicted octanol–water partition coefficient (Wildman–Crippen LogP) is -0.331. The molecule has 0 aliphatic carbocycles. The number of carbonyl (C=O) groups is 2. The van der Waals surface area contributed by atoms with Gasteiger partial charge < -0.3 is 25.2 Å². The van der Waals surface area contributed by atoms with Crippen molar-refractivity contribution in [1.82, 2.24) is 10.6 Å². The van der Waals surface area contributed by atoms with Crippen LogP contribution in [-0.4, -0.2) is 57.1 Å². The lowest BCUT2D eigenvalue weighted by atomic mass is 10.2. The fourth-order valence-corrected chi connectivity index (χ4v) is 0.877. The third-order valence-corrected chi connectivity index (χ3v) is 1.95. The number of carbonyl (C=O) groups excluding carboxylic acids is 1. The van der Waals surface area contributed by atoms with E-state index in [1.807, 2.05) is 0 Å². The van der Waals surface area contributed by atoms with Gasteiger partial charge in [0.2, 0.25) is 0 Å². The van der Waals surface area contributed by atoms with Crippen LogP contribution in [0.1, 0.15) is 6.92 Å². The number of aliphatic carboxylic acids is 1. The van der Waals surface area contributed by atoms with Crippen LogP contribution in [0.3, 0.4) is 0 Å². The van der Waals surface area contributed by atoms with Gasteiger partial charge in [0.15, 0.2) is 0 Å². The topological polar surface area (TPSA) is 96.9 Å². The lowest BCUT2D eigenvalue weighted by Crippen LogP contribution is -2.40. The number of carboxylic acids is 1. The van der Waals surface area contributed by atoms with Crippen LogP contribution in [0.25, 0.3) is 0 Å². The summed E-state index contributed by atoms with van der Waals surface area (Å²) in [6, 6.07) is -0.395. The van der Waals surface area contributed by atoms with Gasteiger partial charge in [-0.05, 0) is 0 Å². The third kappa shape index (κ3) is 9.58. The summed E-state index contributed by atoms with van der Waals surface area (Å²) in [6.07, 6.45) is 0. The van der Waals surface area contributed by atoms with Crippen LogP contribution >= 0.6 is 0 Å². The zero-order valence-corrected chi connectivity index (χ0v) is 10.2. The molecule has 0 aromatic heterocycles. The summed E-state index contributed by atoms with van der Waals surface area (Å²) in [6.45, 7) is 3.39. The summed E-state index contributed by atoms with van der Waals surface area (Å²) in [5.41, 5.74) is 0. The van der Waals surface area contributed by atoms with Crippen molar-refractivity contribution < 1.29 is 24.2 Å². The predicted molar refractivity (Wildman–Crippen MR) is 60.9 cm³/mol. The molecule has 0 heterocycles. The van der Waals surface area contributed by atoms with Crippen molar-refractivity contribution in [3.8, 4) is 0 Å². The number of carboxylic acid groups (broad SMARTS) is 1. The van der Waals surface area contributed by atoms with Crippen molar-refractivity contribution >= 4 is 12.0 Å². The molecule has 0 aliphatic heterocycles. The Morgan fingerprint density at radius 3 is 2.53 bits per heavy atom. The smallest absolute Gasteiger partial charge is 0.314 e. The monoisotopic (exact) mass is 248 g/mol. The second kappa shape index (κ2) is 9.86. The molecule has 2 amide bonds. The molecular weight excluding hydrogens is 228 g/mol. The summed E-state index contributed by atoms with van der Waals surface area (Å²) in [7, 11) is 1.58. The Bertz CT molecular complexity index is 235. The number of nitrogens with one attached hydrogen (secondary N) is 2. The SMILES string of the molecule is COCCOCCNC(=O)NCC(C)C(=O)O. The fraction of sp³-hybridized carbons (Fsp3) is 0.800. The van der Waals surface area contributed by atoms with Gasteiger partial charge >= 0.3 is 12.0 Å². The van der Waals surface area contributed by atoms with Gasteiger partial charge in [0.25, 0.3) is 0 Å². The maximum absolute atomic E-state index is 11.2. The number of hydrogen-bond donors (Lipinski definition) is 3. The van der Waals surface area contributed by atoms with E-state index in [2.05, 4.69) is 10.6 Å². The summed E-state index contributed by atoms with van der Waals surface area (Å²) >= 11 is 0. The highest BCUT2D eigenvalue weighted by Gasteiger charge is 2.11. The Morgan fingerprint density at radius 1 is 1.24 bits per heavy atom. The number of ether oxygens (including phenoxy) is 2. The molecule has 0 aliphatic rings. The van der Waals surface area contributed by atoms with Crippen molar-refractivity contribution in [1.29, 1.82) is 0 Å². The molecule has 0 radical (unpaired) electrons. The summed E-state index contributed by atoms with van der Waals surface area (Å²) in [4.78, 5) is 21.6. The van der Waals surface area contributed by atoms with Crippen LogP contribution in [0.15, 0.2) is 0 Å². The number of hydrogen-bond acceptors (Lipinski definition) is 4. The Labute approximate surface area is 100 Å². The molecule has 7 nitrogen and oxygen atoms in total. The molecule has 0 aromatic rings. The van der Waals surface area contributed by atoms with Crippen LogP contribution in [0, 0.1) is 5.92 Å². The van der Waals surface area contributed by atoms with Crippen molar-refractivity contribution in [2.24, 2.45) is 5.92 Å². The van der Waals surface area contributed by atoms with Gasteiger partial charge in [0.1, 0.15) is 0 Å². The molecule has 0 aromatic carbocycles. The summed E-state index contributed by atoms with van der Waals surface area (Å²) in [5.74, 6) is -1.54. The number of amides is 2. The molecule has 1 unspecified atom stereocenters. The normalized spacial score (nSPS) is 11.9. The lowest BCUT2D eigenvalue weighted by molar-refractivity contribution is -0.140. The molecule has 3 N–H and O–H groups in total. The second-order valence-corrected chi connectivity index (χ2v) is 3.48. The van der Waals surface area contributed by atoms with E-state index in [9.17, 15) is 9.59 Å². The first kappa shape index (κ1) is 15.7. The van der Waals surface area contributed by atoms with Crippen molar-refractivity contribution in [3.63, 3.8) is 0 Å². The lowest BCUT2D eigenvalue weighted by Gasteiger charge is -2.10. The molecule has 0 bridgehead atoms. The van der Waals surface area contributed by atoms with E-state index in [1.165, 1.54) is 6.92 Å². The highest BCUT2D eigenvalue weighted by atomic mass is 16.5. The molecular formula is C10H20N2O5. The molecule has 17 heavy (non-hydrogen) atoms. The van der Waals surface area contributed by atoms with Gasteiger partial charge in [-0.3, -0.25) is 4.79 Å². The van der Waals surface area contributed by atoms with E-state index < -0.39 is 17.9 Å². The molecule has 7 heteroatoms. The van der Waals surface area contributed by atoms with E-state index >= 15 is 0 Å². The highest BCUT2D eigenvalue weighted by molar-refractivity contribution is 5.75. The molecule has 0 rings (SSSR count). The maximum atomic E-state index is 11.2. The Balaban J connectivity index is 3.38. The largest absolute Gasteiger partial charge is 0.481 e. The van der Waals surface area contributed by atoms with Crippen molar-refractivity contribution in [3.05, 3.63) is 0 Å². The Kier molecular flexibility index (Phi) is 9.08.